The molecule has 0 saturated carbocycles. The number of pyridine rings is 1. The van der Waals surface area contributed by atoms with E-state index >= 15 is 0 Å². The van der Waals surface area contributed by atoms with Crippen molar-refractivity contribution in [3.63, 3.8) is 0 Å². The first kappa shape index (κ1) is 15.8. The average Bonchev–Trinajstić information content (AvgIpc) is 2.53. The summed E-state index contributed by atoms with van der Waals surface area (Å²) in [5.74, 6) is 1.83. The molecule has 1 aromatic rings. The van der Waals surface area contributed by atoms with E-state index in [1.165, 1.54) is 11.8 Å². The van der Waals surface area contributed by atoms with Crippen molar-refractivity contribution in [3.05, 3.63) is 24.4 Å². The Hall–Kier alpha value is -0.560. The Morgan fingerprint density at radius 2 is 2.15 bits per heavy atom. The summed E-state index contributed by atoms with van der Waals surface area (Å²) in [6, 6.07) is 5.95. The van der Waals surface area contributed by atoms with Gasteiger partial charge in [-0.15, -0.1) is 11.6 Å². The molecule has 1 fully saturated rings. The van der Waals surface area contributed by atoms with Crippen LogP contribution in [-0.2, 0) is 0 Å². The molecule has 4 nitrogen and oxygen atoms in total. The van der Waals surface area contributed by atoms with Gasteiger partial charge in [0.25, 0.3) is 0 Å². The molecular weight excluding hydrogens is 314 g/mol. The second-order valence-electron chi connectivity index (χ2n) is 4.55. The number of hydrogen-bond acceptors (Lipinski definition) is 5. The maximum atomic E-state index is 9.45. The highest BCUT2D eigenvalue weighted by molar-refractivity contribution is 8.22. The minimum absolute atomic E-state index is 0.253. The Morgan fingerprint density at radius 3 is 2.75 bits per heavy atom. The number of alkyl halides is 1. The number of hydrogen-bond donors (Lipinski definition) is 1. The highest BCUT2D eigenvalue weighted by atomic mass is 35.5. The summed E-state index contributed by atoms with van der Waals surface area (Å²) in [5.41, 5.74) is 0. The third kappa shape index (κ3) is 4.48. The van der Waals surface area contributed by atoms with Crippen LogP contribution < -0.4 is 4.90 Å². The van der Waals surface area contributed by atoms with Crippen molar-refractivity contribution in [1.82, 2.24) is 9.88 Å². The molecule has 0 bridgehead atoms. The summed E-state index contributed by atoms with van der Waals surface area (Å²) >= 11 is 12.5. The van der Waals surface area contributed by atoms with Crippen molar-refractivity contribution in [2.24, 2.45) is 0 Å². The normalized spacial score (nSPS) is 17.1. The molecule has 1 aliphatic heterocycles. The molecule has 20 heavy (non-hydrogen) atoms. The van der Waals surface area contributed by atoms with Crippen LogP contribution in [0.15, 0.2) is 24.4 Å². The van der Waals surface area contributed by atoms with Crippen LogP contribution >= 0.6 is 35.6 Å². The zero-order valence-corrected chi connectivity index (χ0v) is 13.5. The van der Waals surface area contributed by atoms with Gasteiger partial charge in [0, 0.05) is 44.0 Å². The number of aliphatic hydroxyl groups is 1. The molecule has 0 spiro atoms. The van der Waals surface area contributed by atoms with Crippen molar-refractivity contribution >= 4 is 45.7 Å². The monoisotopic (exact) mass is 331 g/mol. The predicted octanol–water partition coefficient (Wildman–Crippen LogP) is 1.82. The lowest BCUT2D eigenvalue weighted by Gasteiger charge is -2.36. The molecule has 0 aliphatic carbocycles. The van der Waals surface area contributed by atoms with Crippen molar-refractivity contribution in [1.29, 1.82) is 0 Å². The Labute approximate surface area is 134 Å². The van der Waals surface area contributed by atoms with E-state index in [2.05, 4.69) is 14.8 Å². The number of piperazine rings is 1. The third-order valence-electron chi connectivity index (χ3n) is 3.09. The fourth-order valence-electron chi connectivity index (χ4n) is 1.96. The standard InChI is InChI=1S/C13H18ClN3OS2/c14-9-11(18)10-20-13(19)17-7-5-16(6-8-17)12-3-1-2-4-15-12/h1-4,11,18H,5-10H2. The van der Waals surface area contributed by atoms with E-state index in [1.54, 1.807) is 0 Å². The molecule has 0 aromatic carbocycles. The quantitative estimate of drug-likeness (QED) is 0.670. The summed E-state index contributed by atoms with van der Waals surface area (Å²) in [6.45, 7) is 3.60. The predicted molar refractivity (Wildman–Crippen MR) is 89.8 cm³/mol. The molecule has 1 unspecified atom stereocenters. The van der Waals surface area contributed by atoms with E-state index in [-0.39, 0.29) is 5.88 Å². The summed E-state index contributed by atoms with van der Waals surface area (Å²) in [7, 11) is 0. The molecule has 1 aromatic heterocycles. The molecule has 1 N–H and O–H groups in total. The second-order valence-corrected chi connectivity index (χ2v) is 6.51. The van der Waals surface area contributed by atoms with E-state index in [0.29, 0.717) is 5.75 Å². The number of thioether (sulfide) groups is 1. The molecule has 0 radical (unpaired) electrons. The first-order valence-electron chi connectivity index (χ1n) is 6.52. The largest absolute Gasteiger partial charge is 0.391 e. The number of rotatable bonds is 4. The van der Waals surface area contributed by atoms with Crippen LogP contribution in [0.4, 0.5) is 5.82 Å². The molecule has 2 heterocycles. The fourth-order valence-corrected chi connectivity index (χ4v) is 3.41. The number of thiocarbonyl (C=S) groups is 1. The Balaban J connectivity index is 1.78. The number of anilines is 1. The van der Waals surface area contributed by atoms with Gasteiger partial charge in [-0.3, -0.25) is 0 Å². The summed E-state index contributed by atoms with van der Waals surface area (Å²) in [5, 5.41) is 9.45. The first-order valence-corrected chi connectivity index (χ1v) is 8.45. The van der Waals surface area contributed by atoms with Crippen LogP contribution in [0, 0.1) is 0 Å². The maximum Gasteiger partial charge on any atom is 0.136 e. The van der Waals surface area contributed by atoms with Gasteiger partial charge in [0.05, 0.1) is 6.10 Å². The van der Waals surface area contributed by atoms with Crippen LogP contribution in [-0.4, -0.2) is 63.2 Å². The van der Waals surface area contributed by atoms with Crippen molar-refractivity contribution < 1.29 is 5.11 Å². The highest BCUT2D eigenvalue weighted by Crippen LogP contribution is 2.17. The Morgan fingerprint density at radius 1 is 1.40 bits per heavy atom. The molecule has 1 atom stereocenters. The van der Waals surface area contributed by atoms with Gasteiger partial charge in [-0.25, -0.2) is 4.98 Å². The SMILES string of the molecule is OC(CCl)CSC(=S)N1CCN(c2ccccn2)CC1. The van der Waals surface area contributed by atoms with Crippen LogP contribution in [0.2, 0.25) is 0 Å². The average molecular weight is 332 g/mol. The van der Waals surface area contributed by atoms with Gasteiger partial charge in [0.15, 0.2) is 0 Å². The second kappa shape index (κ2) is 8.02. The van der Waals surface area contributed by atoms with Gasteiger partial charge in [0.2, 0.25) is 0 Å². The van der Waals surface area contributed by atoms with Gasteiger partial charge >= 0.3 is 0 Å². The first-order chi connectivity index (χ1) is 9.70. The Kier molecular flexibility index (Phi) is 6.35. The van der Waals surface area contributed by atoms with Crippen molar-refractivity contribution in [2.45, 2.75) is 6.10 Å². The van der Waals surface area contributed by atoms with Crippen LogP contribution in [0.5, 0.6) is 0 Å². The molecular formula is C13H18ClN3OS2. The number of aromatic nitrogens is 1. The minimum Gasteiger partial charge on any atom is -0.391 e. The lowest BCUT2D eigenvalue weighted by molar-refractivity contribution is 0.224. The van der Waals surface area contributed by atoms with Gasteiger partial charge < -0.3 is 14.9 Å². The lowest BCUT2D eigenvalue weighted by Crippen LogP contribution is -2.48. The number of nitrogens with zero attached hydrogens (tertiary/aromatic N) is 3. The van der Waals surface area contributed by atoms with Crippen molar-refractivity contribution in [3.8, 4) is 0 Å². The van der Waals surface area contributed by atoms with Crippen LogP contribution in [0.3, 0.4) is 0 Å². The van der Waals surface area contributed by atoms with Gasteiger partial charge in [-0.2, -0.15) is 0 Å². The molecule has 110 valence electrons. The topological polar surface area (TPSA) is 39.6 Å². The summed E-state index contributed by atoms with van der Waals surface area (Å²) < 4.78 is 0.842. The van der Waals surface area contributed by atoms with E-state index in [4.69, 9.17) is 23.8 Å². The summed E-state index contributed by atoms with van der Waals surface area (Å²) in [4.78, 5) is 8.81. The molecule has 1 aliphatic rings. The third-order valence-corrected chi connectivity index (χ3v) is 5.11. The van der Waals surface area contributed by atoms with Crippen molar-refractivity contribution in [2.75, 3.05) is 42.7 Å². The number of aliphatic hydroxyl groups excluding tert-OH is 1. The maximum absolute atomic E-state index is 9.45. The fraction of sp³-hybridized carbons (Fsp3) is 0.538. The van der Waals surface area contributed by atoms with Crippen LogP contribution in [0.1, 0.15) is 0 Å². The smallest absolute Gasteiger partial charge is 0.136 e. The Bertz CT molecular complexity index is 427. The van der Waals surface area contributed by atoms with E-state index < -0.39 is 6.10 Å². The van der Waals surface area contributed by atoms with Gasteiger partial charge in [-0.1, -0.05) is 30.0 Å². The zero-order valence-electron chi connectivity index (χ0n) is 11.1. The minimum atomic E-state index is -0.491. The molecule has 1 saturated heterocycles. The van der Waals surface area contributed by atoms with Gasteiger partial charge in [-0.05, 0) is 12.1 Å². The highest BCUT2D eigenvalue weighted by Gasteiger charge is 2.20. The van der Waals surface area contributed by atoms with Gasteiger partial charge in [0.1, 0.15) is 10.1 Å². The summed E-state index contributed by atoms with van der Waals surface area (Å²) in [6.07, 6.45) is 1.32. The molecule has 2 rings (SSSR count). The molecule has 0 amide bonds. The van der Waals surface area contributed by atoms with E-state index in [0.717, 1.165) is 36.3 Å². The molecule has 7 heteroatoms. The van der Waals surface area contributed by atoms with Crippen LogP contribution in [0.25, 0.3) is 0 Å². The zero-order chi connectivity index (χ0) is 14.4. The van der Waals surface area contributed by atoms with E-state index in [1.807, 2.05) is 24.4 Å². The van der Waals surface area contributed by atoms with E-state index in [9.17, 15) is 5.11 Å². The lowest BCUT2D eigenvalue weighted by atomic mass is 10.3. The number of halogens is 1.